The Bertz CT molecular complexity index is 1630. The van der Waals surface area contributed by atoms with Gasteiger partial charge < -0.3 is 5.11 Å². The van der Waals surface area contributed by atoms with Gasteiger partial charge in [-0.25, -0.2) is 14.5 Å². The van der Waals surface area contributed by atoms with E-state index in [4.69, 9.17) is 40.2 Å². The molecule has 1 aromatic carbocycles. The molecule has 0 aliphatic carbocycles. The van der Waals surface area contributed by atoms with Gasteiger partial charge in [0.05, 0.1) is 22.5 Å². The zero-order chi connectivity index (χ0) is 24.0. The van der Waals surface area contributed by atoms with Crippen LogP contribution in [0, 0.1) is 12.3 Å². The molecule has 170 valence electrons. The summed E-state index contributed by atoms with van der Waals surface area (Å²) in [6.07, 6.45) is 3.45. The molecule has 4 aromatic heterocycles. The summed E-state index contributed by atoms with van der Waals surface area (Å²) in [4.78, 5) is 9.05. The Hall–Kier alpha value is -2.97. The molecule has 1 N–H and O–H groups in total. The van der Waals surface area contributed by atoms with Gasteiger partial charge in [-0.1, -0.05) is 53.0 Å². The lowest BCUT2D eigenvalue weighted by Crippen LogP contribution is -2.44. The lowest BCUT2D eigenvalue weighted by atomic mass is 10.0. The summed E-state index contributed by atoms with van der Waals surface area (Å²) in [6.45, 7) is 2.21. The van der Waals surface area contributed by atoms with Crippen LogP contribution in [0.1, 0.15) is 10.4 Å². The molecule has 0 atom stereocenters. The van der Waals surface area contributed by atoms with Crippen molar-refractivity contribution in [3.63, 3.8) is 0 Å². The maximum absolute atomic E-state index is 13.9. The van der Waals surface area contributed by atoms with Crippen molar-refractivity contribution in [2.75, 3.05) is 0 Å². The largest absolute Gasteiger partial charge is 0.842 e. The van der Waals surface area contributed by atoms with Crippen molar-refractivity contribution in [1.29, 1.82) is 5.41 Å². The van der Waals surface area contributed by atoms with E-state index in [1.165, 1.54) is 11.3 Å². The Labute approximate surface area is 213 Å². The second-order valence-corrected chi connectivity index (χ2v) is 10.1. The smallest absolute Gasteiger partial charge is 0.290 e. The van der Waals surface area contributed by atoms with E-state index in [1.54, 1.807) is 33.5 Å². The molecule has 0 fully saturated rings. The number of pyridine rings is 2. The first-order chi connectivity index (χ1) is 16.3. The topological polar surface area (TPSA) is 81.0 Å². The maximum atomic E-state index is 13.9. The van der Waals surface area contributed by atoms with Gasteiger partial charge in [0.2, 0.25) is 5.49 Å². The van der Waals surface area contributed by atoms with Crippen molar-refractivity contribution >= 4 is 51.8 Å². The number of nitrogens with zero attached hydrogens (tertiary/aromatic N) is 4. The summed E-state index contributed by atoms with van der Waals surface area (Å²) in [7, 11) is 0. The Balaban J connectivity index is 1.76. The quantitative estimate of drug-likeness (QED) is 0.254. The Morgan fingerprint density at radius 1 is 1.09 bits per heavy atom. The van der Waals surface area contributed by atoms with E-state index in [0.29, 0.717) is 26.4 Å². The molecule has 5 aromatic rings. The van der Waals surface area contributed by atoms with E-state index in [2.05, 4.69) is 9.97 Å². The molecule has 0 radical (unpaired) electrons. The van der Waals surface area contributed by atoms with Crippen molar-refractivity contribution in [3.8, 4) is 28.1 Å². The third-order valence-corrected chi connectivity index (χ3v) is 7.07. The van der Waals surface area contributed by atoms with Gasteiger partial charge in [0.1, 0.15) is 16.9 Å². The molecule has 0 saturated carbocycles. The van der Waals surface area contributed by atoms with Gasteiger partial charge in [-0.3, -0.25) is 5.41 Å². The fourth-order valence-electron chi connectivity index (χ4n) is 3.97. The Morgan fingerprint density at radius 2 is 1.88 bits per heavy atom. The molecule has 0 bridgehead atoms. The van der Waals surface area contributed by atoms with Crippen LogP contribution in [0.25, 0.3) is 27.9 Å². The number of thiazole rings is 1. The van der Waals surface area contributed by atoms with Crippen LogP contribution in [-0.2, 0) is 6.54 Å². The number of benzene rings is 1. The van der Waals surface area contributed by atoms with Gasteiger partial charge in [-0.2, -0.15) is 4.40 Å². The summed E-state index contributed by atoms with van der Waals surface area (Å²) in [6, 6.07) is 14.6. The zero-order valence-corrected chi connectivity index (χ0v) is 20.8. The molecule has 5 rings (SSSR count). The third-order valence-electron chi connectivity index (χ3n) is 5.47. The van der Waals surface area contributed by atoms with Crippen LogP contribution < -0.4 is 15.2 Å². The van der Waals surface area contributed by atoms with E-state index >= 15 is 0 Å². The highest BCUT2D eigenvalue weighted by molar-refractivity contribution is 7.15. The number of rotatable bonds is 4. The molecular weight excluding hydrogens is 513 g/mol. The number of halogens is 3. The minimum Gasteiger partial charge on any atom is -0.842 e. The lowest BCUT2D eigenvalue weighted by molar-refractivity contribution is -0.708. The summed E-state index contributed by atoms with van der Waals surface area (Å²) in [5.41, 5.74) is 3.95. The molecule has 0 amide bonds. The summed E-state index contributed by atoms with van der Waals surface area (Å²) in [5.74, 6) is -0.277. The van der Waals surface area contributed by atoms with Crippen molar-refractivity contribution in [2.45, 2.75) is 13.5 Å². The van der Waals surface area contributed by atoms with Gasteiger partial charge in [0, 0.05) is 17.3 Å². The monoisotopic (exact) mass is 527 g/mol. The molecule has 6 nitrogen and oxygen atoms in total. The van der Waals surface area contributed by atoms with Gasteiger partial charge >= 0.3 is 0 Å². The number of hydrogen-bond acceptors (Lipinski definition) is 5. The van der Waals surface area contributed by atoms with Gasteiger partial charge in [0.15, 0.2) is 4.47 Å². The van der Waals surface area contributed by atoms with E-state index in [-0.39, 0.29) is 28.6 Å². The van der Waals surface area contributed by atoms with Gasteiger partial charge in [0.25, 0.3) is 5.65 Å². The first-order valence-corrected chi connectivity index (χ1v) is 12.1. The van der Waals surface area contributed by atoms with E-state index in [0.717, 1.165) is 16.0 Å². The molecular formula is C24H16Cl3N5OS. The van der Waals surface area contributed by atoms with E-state index in [1.807, 2.05) is 43.3 Å². The number of hydrogen-bond donors (Lipinski definition) is 1. The number of fused-ring (bicyclic) bond motifs is 1. The van der Waals surface area contributed by atoms with Crippen LogP contribution in [0.5, 0.6) is 5.88 Å². The molecule has 4 heterocycles. The van der Waals surface area contributed by atoms with Crippen LogP contribution >= 0.6 is 46.1 Å². The van der Waals surface area contributed by atoms with Crippen LogP contribution in [-0.4, -0.2) is 14.4 Å². The number of aryl methyl sites for hydroxylation is 1. The molecule has 0 saturated heterocycles. The zero-order valence-electron chi connectivity index (χ0n) is 17.7. The summed E-state index contributed by atoms with van der Waals surface area (Å²) >= 11 is 19.6. The van der Waals surface area contributed by atoms with Crippen molar-refractivity contribution < 1.29 is 9.67 Å². The average Bonchev–Trinajstić information content (AvgIpc) is 3.22. The average molecular weight is 529 g/mol. The summed E-state index contributed by atoms with van der Waals surface area (Å²) in [5, 5.41) is 23.3. The van der Waals surface area contributed by atoms with Crippen molar-refractivity contribution in [2.24, 2.45) is 0 Å². The van der Waals surface area contributed by atoms with Crippen LogP contribution in [0.4, 0.5) is 0 Å². The van der Waals surface area contributed by atoms with Gasteiger partial charge in [-0.05, 0) is 48.4 Å². The predicted molar refractivity (Wildman–Crippen MR) is 133 cm³/mol. The maximum Gasteiger partial charge on any atom is 0.290 e. The Morgan fingerprint density at radius 3 is 2.62 bits per heavy atom. The van der Waals surface area contributed by atoms with Crippen LogP contribution in [0.2, 0.25) is 14.8 Å². The second-order valence-electron chi connectivity index (χ2n) is 7.63. The minimum atomic E-state index is -0.277. The number of nitrogens with one attached hydrogen (secondary N) is 1. The van der Waals surface area contributed by atoms with Crippen LogP contribution in [0.3, 0.4) is 0 Å². The first kappa shape index (κ1) is 22.8. The second kappa shape index (κ2) is 9.00. The molecule has 0 spiro atoms. The van der Waals surface area contributed by atoms with Crippen molar-refractivity contribution in [3.05, 3.63) is 91.6 Å². The molecule has 0 unspecified atom stereocenters. The minimum absolute atomic E-state index is 0.0970. The number of aromatic nitrogens is 4. The molecule has 34 heavy (non-hydrogen) atoms. The Kier molecular flexibility index (Phi) is 6.04. The third kappa shape index (κ3) is 4.05. The standard InChI is InChI=1S/C24H16Cl3N5OS/c1-13-4-3-9-31-21(28)19(23(33)32(22(13)31)12-16-11-29-24(27)34-16)15-6-2-5-14(10-15)17-7-8-18(25)30-20(17)26/h2-11H,12H2,1H3,(H-,28,33). The highest BCUT2D eigenvalue weighted by atomic mass is 35.5. The molecule has 0 aliphatic rings. The lowest BCUT2D eigenvalue weighted by Gasteiger charge is -2.19. The fraction of sp³-hybridized carbons (Fsp3) is 0.0833. The normalized spacial score (nSPS) is 11.3. The van der Waals surface area contributed by atoms with Crippen LogP contribution in [0.15, 0.2) is 60.9 Å². The fourth-order valence-corrected chi connectivity index (χ4v) is 5.39. The highest BCUT2D eigenvalue weighted by Crippen LogP contribution is 2.32. The van der Waals surface area contributed by atoms with Gasteiger partial charge in [-0.15, -0.1) is 11.3 Å². The molecule has 0 aliphatic heterocycles. The van der Waals surface area contributed by atoms with E-state index < -0.39 is 0 Å². The highest BCUT2D eigenvalue weighted by Gasteiger charge is 2.21. The summed E-state index contributed by atoms with van der Waals surface area (Å²) < 4.78 is 3.80. The van der Waals surface area contributed by atoms with E-state index in [9.17, 15) is 5.11 Å². The molecule has 10 heteroatoms. The SMILES string of the molecule is Cc1cccn2c(=N)c(-c3cccc(-c4ccc(Cl)nc4Cl)c3)c([O-])[n+](Cc3cnc(Cl)s3)c12. The first-order valence-electron chi connectivity index (χ1n) is 10.2. The van der Waals surface area contributed by atoms with Crippen molar-refractivity contribution in [1.82, 2.24) is 14.4 Å². The predicted octanol–water partition coefficient (Wildman–Crippen LogP) is 5.28.